The first-order chi connectivity index (χ1) is 32.4. The van der Waals surface area contributed by atoms with Crippen molar-refractivity contribution in [3.8, 4) is 0 Å². The van der Waals surface area contributed by atoms with Crippen LogP contribution in [0, 0.1) is 0 Å². The van der Waals surface area contributed by atoms with Gasteiger partial charge in [-0.2, -0.15) is 0 Å². The minimum absolute atomic E-state index is 0.0240. The van der Waals surface area contributed by atoms with Crippen LogP contribution in [0.25, 0.3) is 0 Å². The van der Waals surface area contributed by atoms with Crippen LogP contribution in [0.2, 0.25) is 0 Å². The van der Waals surface area contributed by atoms with Crippen LogP contribution < -0.4 is 5.32 Å². The molecule has 0 fully saturated rings. The number of quaternary nitrogens is 1. The molecule has 0 heterocycles. The number of aliphatic hydroxyl groups excluding tert-OH is 2. The van der Waals surface area contributed by atoms with Crippen molar-refractivity contribution in [2.45, 2.75) is 295 Å². The van der Waals surface area contributed by atoms with Gasteiger partial charge in [0.25, 0.3) is 0 Å². The van der Waals surface area contributed by atoms with E-state index in [-0.39, 0.29) is 12.5 Å². The zero-order valence-corrected chi connectivity index (χ0v) is 45.9. The number of hydrogen-bond donors (Lipinski definition) is 4. The van der Waals surface area contributed by atoms with E-state index in [9.17, 15) is 24.5 Å². The number of unbranched alkanes of at least 4 members (excludes halogenated alkanes) is 35. The lowest BCUT2D eigenvalue weighted by Gasteiger charge is -2.28. The van der Waals surface area contributed by atoms with Gasteiger partial charge in [0.15, 0.2) is 0 Å². The topological polar surface area (TPSA) is 125 Å². The third-order valence-electron chi connectivity index (χ3n) is 13.3. The summed E-state index contributed by atoms with van der Waals surface area (Å²) >= 11 is 0. The fraction of sp³-hybridized carbons (Fsp3) is 0.912. The van der Waals surface area contributed by atoms with Gasteiger partial charge in [-0.3, -0.25) is 13.8 Å². The van der Waals surface area contributed by atoms with Crippen LogP contribution in [-0.4, -0.2) is 84.6 Å². The zero-order valence-electron chi connectivity index (χ0n) is 45.0. The maximum atomic E-state index is 13.0. The molecule has 0 aliphatic rings. The molecule has 9 nitrogen and oxygen atoms in total. The Morgan fingerprint density at radius 1 is 0.522 bits per heavy atom. The number of allylic oxidation sites excluding steroid dienone is 4. The van der Waals surface area contributed by atoms with Crippen molar-refractivity contribution in [2.75, 3.05) is 40.9 Å². The van der Waals surface area contributed by atoms with Gasteiger partial charge in [0.05, 0.1) is 39.9 Å². The molecule has 0 rings (SSSR count). The van der Waals surface area contributed by atoms with Gasteiger partial charge in [0, 0.05) is 6.42 Å². The van der Waals surface area contributed by atoms with E-state index < -0.39 is 32.7 Å². The molecule has 0 radical (unpaired) electrons. The van der Waals surface area contributed by atoms with E-state index in [1.807, 2.05) is 21.1 Å². The second-order valence-electron chi connectivity index (χ2n) is 21.2. The predicted molar refractivity (Wildman–Crippen MR) is 287 cm³/mol. The molecule has 0 aromatic heterocycles. The summed E-state index contributed by atoms with van der Waals surface area (Å²) in [6.45, 7) is 4.62. The Morgan fingerprint density at radius 3 is 1.27 bits per heavy atom. The average Bonchev–Trinajstić information content (AvgIpc) is 3.29. The van der Waals surface area contributed by atoms with Gasteiger partial charge in [-0.15, -0.1) is 0 Å². The Morgan fingerprint density at radius 2 is 0.881 bits per heavy atom. The molecule has 67 heavy (non-hydrogen) atoms. The standard InChI is InChI=1S/C57H113N2O7P/c1-6-8-10-12-14-16-18-20-21-22-23-24-25-26-27-28-29-30-31-32-33-34-35-36-37-38-40-42-44-46-48-50-56(61)58-54(53-66-67(63,64)65-52-51-59(3,4)5)57(62)55(60)49-47-45-43-41-39-19-17-15-13-11-9-7-2/h18,20,22-23,54-55,57,60,62H,6-17,19,21,24-53H2,1-5H3,(H-,58,61,63,64)/p+1/b20-18-,23-22-. The number of amides is 1. The molecule has 0 saturated heterocycles. The largest absolute Gasteiger partial charge is 0.472 e. The minimum Gasteiger partial charge on any atom is -0.390 e. The number of hydrogen-bond acceptors (Lipinski definition) is 6. The second kappa shape index (κ2) is 48.6. The minimum atomic E-state index is -4.42. The molecule has 0 spiro atoms. The molecule has 0 aromatic carbocycles. The molecular weight excluding hydrogens is 856 g/mol. The van der Waals surface area contributed by atoms with Crippen LogP contribution in [0.1, 0.15) is 277 Å². The molecule has 398 valence electrons. The van der Waals surface area contributed by atoms with Gasteiger partial charge in [-0.25, -0.2) is 4.57 Å². The van der Waals surface area contributed by atoms with Crippen molar-refractivity contribution in [3.05, 3.63) is 24.3 Å². The molecule has 10 heteroatoms. The number of carbonyl (C=O) groups excluding carboxylic acids is 1. The first-order valence-electron chi connectivity index (χ1n) is 28.8. The van der Waals surface area contributed by atoms with E-state index in [0.717, 1.165) is 44.9 Å². The van der Waals surface area contributed by atoms with Crippen molar-refractivity contribution in [3.63, 3.8) is 0 Å². The van der Waals surface area contributed by atoms with E-state index in [4.69, 9.17) is 9.05 Å². The number of nitrogens with one attached hydrogen (secondary N) is 1. The molecule has 4 unspecified atom stereocenters. The molecule has 1 amide bonds. The highest BCUT2D eigenvalue weighted by Crippen LogP contribution is 2.43. The van der Waals surface area contributed by atoms with Crippen molar-refractivity contribution >= 4 is 13.7 Å². The van der Waals surface area contributed by atoms with Gasteiger partial charge >= 0.3 is 7.82 Å². The summed E-state index contributed by atoms with van der Waals surface area (Å²) in [5.41, 5.74) is 0. The van der Waals surface area contributed by atoms with Gasteiger partial charge in [0.2, 0.25) is 5.91 Å². The monoisotopic (exact) mass is 970 g/mol. The highest BCUT2D eigenvalue weighted by molar-refractivity contribution is 7.47. The Balaban J connectivity index is 4.08. The smallest absolute Gasteiger partial charge is 0.390 e. The molecule has 0 aromatic rings. The number of carbonyl (C=O) groups is 1. The van der Waals surface area contributed by atoms with Crippen LogP contribution in [0.15, 0.2) is 24.3 Å². The summed E-state index contributed by atoms with van der Waals surface area (Å²) in [6, 6.07) is -1.03. The normalized spacial score (nSPS) is 14.6. The SMILES string of the molecule is CCCCCCC/C=C\C/C=C\CCCCCCCCCCCCCCCCCCCCCC(=O)NC(COP(=O)(O)OCC[N+](C)(C)C)C(O)C(O)CCCCCCCCCCCCCC. The fourth-order valence-electron chi connectivity index (χ4n) is 8.71. The maximum Gasteiger partial charge on any atom is 0.472 e. The van der Waals surface area contributed by atoms with E-state index in [2.05, 4.69) is 43.5 Å². The van der Waals surface area contributed by atoms with Crippen LogP contribution in [0.5, 0.6) is 0 Å². The zero-order chi connectivity index (χ0) is 49.4. The highest BCUT2D eigenvalue weighted by atomic mass is 31.2. The third-order valence-corrected chi connectivity index (χ3v) is 14.3. The van der Waals surface area contributed by atoms with Crippen LogP contribution in [0.4, 0.5) is 0 Å². The lowest BCUT2D eigenvalue weighted by molar-refractivity contribution is -0.870. The molecule has 4 N–H and O–H groups in total. The molecule has 0 aliphatic carbocycles. The van der Waals surface area contributed by atoms with Crippen LogP contribution in [0.3, 0.4) is 0 Å². The summed E-state index contributed by atoms with van der Waals surface area (Å²) < 4.78 is 23.6. The number of phosphoric ester groups is 1. The van der Waals surface area contributed by atoms with Crippen molar-refractivity contribution < 1.29 is 38.0 Å². The second-order valence-corrected chi connectivity index (χ2v) is 22.6. The molecule has 0 saturated carbocycles. The first kappa shape index (κ1) is 65.9. The lowest BCUT2D eigenvalue weighted by Crippen LogP contribution is -2.51. The molecule has 4 atom stereocenters. The van der Waals surface area contributed by atoms with E-state index in [1.165, 1.54) is 205 Å². The average molecular weight is 971 g/mol. The van der Waals surface area contributed by atoms with Gasteiger partial charge in [0.1, 0.15) is 19.3 Å². The van der Waals surface area contributed by atoms with Crippen molar-refractivity contribution in [1.29, 1.82) is 0 Å². The Kier molecular flexibility index (Phi) is 47.8. The molecule has 0 bridgehead atoms. The number of nitrogens with zero attached hydrogens (tertiary/aromatic N) is 1. The lowest BCUT2D eigenvalue weighted by atomic mass is 9.99. The fourth-order valence-corrected chi connectivity index (χ4v) is 9.44. The van der Waals surface area contributed by atoms with E-state index in [0.29, 0.717) is 23.9 Å². The summed E-state index contributed by atoms with van der Waals surface area (Å²) in [4.78, 5) is 23.3. The summed E-state index contributed by atoms with van der Waals surface area (Å²) in [5.74, 6) is -0.254. The Bertz CT molecular complexity index is 1160. The number of phosphoric acid groups is 1. The quantitative estimate of drug-likeness (QED) is 0.0207. The van der Waals surface area contributed by atoms with E-state index >= 15 is 0 Å². The number of aliphatic hydroxyl groups is 2. The van der Waals surface area contributed by atoms with Crippen molar-refractivity contribution in [2.24, 2.45) is 0 Å². The van der Waals surface area contributed by atoms with E-state index in [1.54, 1.807) is 0 Å². The van der Waals surface area contributed by atoms with Crippen LogP contribution in [-0.2, 0) is 18.4 Å². The molecule has 0 aliphatic heterocycles. The highest BCUT2D eigenvalue weighted by Gasteiger charge is 2.32. The maximum absolute atomic E-state index is 13.0. The number of rotatable bonds is 53. The third kappa shape index (κ3) is 49.7. The van der Waals surface area contributed by atoms with Crippen molar-refractivity contribution in [1.82, 2.24) is 5.32 Å². The first-order valence-corrected chi connectivity index (χ1v) is 30.3. The van der Waals surface area contributed by atoms with Gasteiger partial charge in [-0.1, -0.05) is 250 Å². The van der Waals surface area contributed by atoms with Gasteiger partial charge < -0.3 is 24.9 Å². The summed E-state index contributed by atoms with van der Waals surface area (Å²) in [6.07, 6.45) is 57.0. The summed E-state index contributed by atoms with van der Waals surface area (Å²) in [7, 11) is 1.45. The van der Waals surface area contributed by atoms with Gasteiger partial charge in [-0.05, 0) is 44.9 Å². The van der Waals surface area contributed by atoms with Crippen LogP contribution >= 0.6 is 7.82 Å². The predicted octanol–water partition coefficient (Wildman–Crippen LogP) is 16.2. The number of likely N-dealkylation sites (N-methyl/N-ethyl adjacent to an activating group) is 1. The molecular formula is C57H114N2O7P+. The summed E-state index contributed by atoms with van der Waals surface area (Å²) in [5, 5.41) is 24.8. The Hall–Kier alpha value is -1.06. The Labute approximate surface area is 416 Å².